The lowest BCUT2D eigenvalue weighted by atomic mass is 10.1. The Bertz CT molecular complexity index is 943. The number of hydrogen-bond acceptors (Lipinski definition) is 5. The molecule has 7 nitrogen and oxygen atoms in total. The van der Waals surface area contributed by atoms with Crippen LogP contribution in [0, 0.1) is 5.92 Å². The van der Waals surface area contributed by atoms with Crippen molar-refractivity contribution in [3.63, 3.8) is 0 Å². The van der Waals surface area contributed by atoms with E-state index >= 15 is 0 Å². The van der Waals surface area contributed by atoms with Crippen molar-refractivity contribution in [3.8, 4) is 16.9 Å². The Morgan fingerprint density at radius 2 is 1.70 bits per heavy atom. The molecule has 2 aromatic carbocycles. The lowest BCUT2D eigenvalue weighted by Crippen LogP contribution is -2.60. The lowest BCUT2D eigenvalue weighted by Gasteiger charge is -2.36. The van der Waals surface area contributed by atoms with Crippen LogP contribution in [-0.4, -0.2) is 54.5 Å². The molecule has 1 fully saturated rings. The molecule has 1 aliphatic heterocycles. The van der Waals surface area contributed by atoms with E-state index < -0.39 is 18.1 Å². The maximum Gasteiger partial charge on any atom is 0.308 e. The van der Waals surface area contributed by atoms with Crippen LogP contribution in [0.4, 0.5) is 0 Å². The summed E-state index contributed by atoms with van der Waals surface area (Å²) in [4.78, 5) is 39.2. The van der Waals surface area contributed by atoms with Gasteiger partial charge in [-0.3, -0.25) is 14.4 Å². The zero-order valence-electron chi connectivity index (χ0n) is 19.5. The third-order valence-electron chi connectivity index (χ3n) is 5.55. The smallest absolute Gasteiger partial charge is 0.308 e. The maximum absolute atomic E-state index is 13.1. The van der Waals surface area contributed by atoms with Gasteiger partial charge in [-0.2, -0.15) is 0 Å². The summed E-state index contributed by atoms with van der Waals surface area (Å²) in [7, 11) is 0. The molecule has 0 saturated carbocycles. The third-order valence-corrected chi connectivity index (χ3v) is 5.55. The highest BCUT2D eigenvalue weighted by atomic mass is 16.5. The second kappa shape index (κ2) is 11.5. The highest BCUT2D eigenvalue weighted by molar-refractivity contribution is 5.93. The van der Waals surface area contributed by atoms with Crippen molar-refractivity contribution in [2.75, 3.05) is 19.7 Å². The van der Waals surface area contributed by atoms with Gasteiger partial charge >= 0.3 is 5.97 Å². The Labute approximate surface area is 195 Å². The predicted molar refractivity (Wildman–Crippen MR) is 126 cm³/mol. The zero-order chi connectivity index (χ0) is 23.8. The molecule has 7 heteroatoms. The fourth-order valence-electron chi connectivity index (χ4n) is 3.65. The average molecular weight is 453 g/mol. The monoisotopic (exact) mass is 452 g/mol. The van der Waals surface area contributed by atoms with Crippen molar-refractivity contribution in [3.05, 3.63) is 54.6 Å². The quantitative estimate of drug-likeness (QED) is 0.590. The molecule has 2 unspecified atom stereocenters. The average Bonchev–Trinajstić information content (AvgIpc) is 2.80. The van der Waals surface area contributed by atoms with E-state index in [1.807, 2.05) is 68.4 Å². The van der Waals surface area contributed by atoms with Gasteiger partial charge in [0.15, 0.2) is 6.10 Å². The number of ether oxygens (including phenoxy) is 2. The van der Waals surface area contributed by atoms with E-state index in [2.05, 4.69) is 5.32 Å². The van der Waals surface area contributed by atoms with Gasteiger partial charge in [0.25, 0.3) is 5.91 Å². The van der Waals surface area contributed by atoms with Crippen molar-refractivity contribution >= 4 is 17.8 Å². The van der Waals surface area contributed by atoms with Gasteiger partial charge in [0.2, 0.25) is 5.91 Å². The van der Waals surface area contributed by atoms with Crippen LogP contribution in [0.2, 0.25) is 0 Å². The molecule has 0 aliphatic carbocycles. The topological polar surface area (TPSA) is 84.9 Å². The summed E-state index contributed by atoms with van der Waals surface area (Å²) in [5.74, 6) is -0.206. The van der Waals surface area contributed by atoms with Gasteiger partial charge in [0.05, 0.1) is 13.0 Å². The number of amides is 2. The van der Waals surface area contributed by atoms with Gasteiger partial charge in [-0.05, 0) is 42.5 Å². The van der Waals surface area contributed by atoms with Gasteiger partial charge in [0.1, 0.15) is 11.8 Å². The minimum absolute atomic E-state index is 0.172. The first-order valence-corrected chi connectivity index (χ1v) is 11.4. The Hall–Kier alpha value is -3.35. The van der Waals surface area contributed by atoms with Crippen molar-refractivity contribution in [2.45, 2.75) is 45.8 Å². The van der Waals surface area contributed by atoms with Crippen LogP contribution in [-0.2, 0) is 19.1 Å². The summed E-state index contributed by atoms with van der Waals surface area (Å²) in [5.41, 5.74) is 2.14. The molecule has 1 N–H and O–H groups in total. The molecule has 1 heterocycles. The van der Waals surface area contributed by atoms with E-state index in [1.54, 1.807) is 6.92 Å². The number of hydrogen-bond donors (Lipinski definition) is 1. The maximum atomic E-state index is 13.1. The summed E-state index contributed by atoms with van der Waals surface area (Å²) in [6.07, 6.45) is -0.231. The number of carbonyl (C=O) groups excluding carboxylic acids is 3. The van der Waals surface area contributed by atoms with Crippen LogP contribution in [0.15, 0.2) is 54.6 Å². The van der Waals surface area contributed by atoms with Gasteiger partial charge in [-0.25, -0.2) is 0 Å². The molecule has 2 aromatic rings. The molecule has 176 valence electrons. The first-order chi connectivity index (χ1) is 15.8. The van der Waals surface area contributed by atoms with Crippen LogP contribution in [0.1, 0.15) is 33.6 Å². The highest BCUT2D eigenvalue weighted by Gasteiger charge is 2.37. The second-order valence-electron chi connectivity index (χ2n) is 8.60. The first-order valence-electron chi connectivity index (χ1n) is 11.4. The fraction of sp³-hybridized carbons (Fsp3) is 0.423. The predicted octanol–water partition coefficient (Wildman–Crippen LogP) is 3.43. The molecule has 0 aromatic heterocycles. The lowest BCUT2D eigenvalue weighted by molar-refractivity contribution is -0.154. The molecule has 1 saturated heterocycles. The third kappa shape index (κ3) is 6.81. The second-order valence-corrected chi connectivity index (χ2v) is 8.60. The summed E-state index contributed by atoms with van der Waals surface area (Å²) in [5, 5.41) is 2.73. The minimum Gasteiger partial charge on any atom is -0.481 e. The number of rotatable bonds is 9. The molecule has 1 aliphatic rings. The van der Waals surface area contributed by atoms with Gasteiger partial charge in [0, 0.05) is 13.1 Å². The molecule has 0 spiro atoms. The van der Waals surface area contributed by atoms with E-state index in [4.69, 9.17) is 9.47 Å². The molecular formula is C26H32N2O5. The largest absolute Gasteiger partial charge is 0.481 e. The number of piperazine rings is 1. The van der Waals surface area contributed by atoms with Crippen molar-refractivity contribution < 1.29 is 23.9 Å². The van der Waals surface area contributed by atoms with Crippen molar-refractivity contribution in [2.24, 2.45) is 5.92 Å². The van der Waals surface area contributed by atoms with Crippen LogP contribution < -0.4 is 10.1 Å². The van der Waals surface area contributed by atoms with Crippen LogP contribution >= 0.6 is 0 Å². The van der Waals surface area contributed by atoms with Gasteiger partial charge in [-0.15, -0.1) is 0 Å². The van der Waals surface area contributed by atoms with Crippen LogP contribution in [0.25, 0.3) is 11.1 Å². The summed E-state index contributed by atoms with van der Waals surface area (Å²) in [6, 6.07) is 16.6. The molecule has 3 rings (SSSR count). The first kappa shape index (κ1) is 24.3. The molecule has 0 radical (unpaired) electrons. The zero-order valence-corrected chi connectivity index (χ0v) is 19.5. The fourth-order valence-corrected chi connectivity index (χ4v) is 3.65. The minimum atomic E-state index is -0.899. The van der Waals surface area contributed by atoms with E-state index in [1.165, 1.54) is 4.90 Å². The summed E-state index contributed by atoms with van der Waals surface area (Å²) < 4.78 is 11.1. The van der Waals surface area contributed by atoms with Crippen LogP contribution in [0.5, 0.6) is 5.75 Å². The number of carbonyl (C=O) groups is 3. The molecule has 2 amide bonds. The van der Waals surface area contributed by atoms with Gasteiger partial charge in [-0.1, -0.05) is 56.3 Å². The molecule has 0 bridgehead atoms. The van der Waals surface area contributed by atoms with Crippen molar-refractivity contribution in [1.29, 1.82) is 0 Å². The molecule has 2 atom stereocenters. The van der Waals surface area contributed by atoms with Gasteiger partial charge < -0.3 is 19.7 Å². The Balaban J connectivity index is 1.61. The normalized spacial score (nSPS) is 16.8. The summed E-state index contributed by atoms with van der Waals surface area (Å²) in [6.45, 7) is 6.69. The standard InChI is InChI=1S/C26H32N2O5/c1-18(2)13-16-32-24(29)17-23-25(30)27-14-15-28(23)26(31)19(3)33-22-11-9-21(10-12-22)20-7-5-4-6-8-20/h4-12,18-19,23H,13-17H2,1-3H3,(H,27,30). The highest BCUT2D eigenvalue weighted by Crippen LogP contribution is 2.23. The SMILES string of the molecule is CC(C)CCOC(=O)CC1C(=O)NCCN1C(=O)C(C)Oc1ccc(-c2ccccc2)cc1. The van der Waals surface area contributed by atoms with E-state index in [0.29, 0.717) is 31.4 Å². The number of nitrogens with zero attached hydrogens (tertiary/aromatic N) is 1. The Kier molecular flexibility index (Phi) is 8.46. The van der Waals surface area contributed by atoms with E-state index in [9.17, 15) is 14.4 Å². The number of nitrogens with one attached hydrogen (secondary N) is 1. The van der Waals surface area contributed by atoms with E-state index in [0.717, 1.165) is 17.5 Å². The van der Waals surface area contributed by atoms with E-state index in [-0.39, 0.29) is 18.2 Å². The molecular weight excluding hydrogens is 420 g/mol. The number of benzene rings is 2. The Morgan fingerprint density at radius 3 is 2.36 bits per heavy atom. The van der Waals surface area contributed by atoms with Crippen LogP contribution in [0.3, 0.4) is 0 Å². The number of esters is 1. The Morgan fingerprint density at radius 1 is 1.03 bits per heavy atom. The molecule has 33 heavy (non-hydrogen) atoms. The van der Waals surface area contributed by atoms with Crippen molar-refractivity contribution in [1.82, 2.24) is 10.2 Å². The summed E-state index contributed by atoms with van der Waals surface area (Å²) >= 11 is 0.